The normalized spacial score (nSPS) is 12.7. The lowest BCUT2D eigenvalue weighted by Gasteiger charge is -2.16. The molecule has 1 rings (SSSR count). The summed E-state index contributed by atoms with van der Waals surface area (Å²) in [5, 5.41) is 0. The predicted octanol–water partition coefficient (Wildman–Crippen LogP) is 4.21. The van der Waals surface area contributed by atoms with Gasteiger partial charge in [-0.1, -0.05) is 6.07 Å². The molecule has 1 aromatic rings. The highest BCUT2D eigenvalue weighted by atomic mass is 127. The minimum Gasteiger partial charge on any atom is -0.405 e. The standard InChI is InChI=1S/C8H3F6IO/c9-7(10,11)6-4(15)2-1-3-5(6)16-8(12,13)14/h1-3H. The Labute approximate surface area is 99.5 Å². The second-order valence-corrected chi connectivity index (χ2v) is 3.82. The predicted molar refractivity (Wildman–Crippen MR) is 50.8 cm³/mol. The first-order chi connectivity index (χ1) is 7.11. The molecule has 0 atom stereocenters. The van der Waals surface area contributed by atoms with E-state index in [4.69, 9.17) is 0 Å². The maximum atomic E-state index is 12.4. The molecule has 90 valence electrons. The molecule has 0 heterocycles. The van der Waals surface area contributed by atoms with E-state index in [0.717, 1.165) is 12.1 Å². The second kappa shape index (κ2) is 4.30. The van der Waals surface area contributed by atoms with Crippen molar-refractivity contribution in [2.24, 2.45) is 0 Å². The van der Waals surface area contributed by atoms with Crippen LogP contribution in [0, 0.1) is 3.57 Å². The minimum atomic E-state index is -5.15. The third kappa shape index (κ3) is 3.42. The molecule has 8 heteroatoms. The summed E-state index contributed by atoms with van der Waals surface area (Å²) in [7, 11) is 0. The summed E-state index contributed by atoms with van der Waals surface area (Å²) < 4.78 is 75.8. The van der Waals surface area contributed by atoms with Crippen molar-refractivity contribution in [3.8, 4) is 5.75 Å². The summed E-state index contributed by atoms with van der Waals surface area (Å²) in [6.07, 6.45) is -10.0. The molecule has 0 aliphatic rings. The van der Waals surface area contributed by atoms with E-state index in [-0.39, 0.29) is 3.57 Å². The fourth-order valence-corrected chi connectivity index (χ4v) is 1.77. The van der Waals surface area contributed by atoms with Crippen molar-refractivity contribution >= 4 is 22.6 Å². The largest absolute Gasteiger partial charge is 0.573 e. The molecule has 0 amide bonds. The molecule has 0 saturated carbocycles. The molecule has 0 bridgehead atoms. The molecule has 1 aromatic carbocycles. The van der Waals surface area contributed by atoms with E-state index >= 15 is 0 Å². The van der Waals surface area contributed by atoms with Crippen LogP contribution in [0.3, 0.4) is 0 Å². The van der Waals surface area contributed by atoms with Crippen LogP contribution < -0.4 is 4.74 Å². The zero-order valence-electron chi connectivity index (χ0n) is 7.29. The van der Waals surface area contributed by atoms with Crippen molar-refractivity contribution in [3.05, 3.63) is 27.3 Å². The van der Waals surface area contributed by atoms with Crippen LogP contribution in [0.1, 0.15) is 5.56 Å². The second-order valence-electron chi connectivity index (χ2n) is 2.66. The van der Waals surface area contributed by atoms with Crippen molar-refractivity contribution in [1.82, 2.24) is 0 Å². The average molecular weight is 356 g/mol. The van der Waals surface area contributed by atoms with Crippen LogP contribution in [-0.4, -0.2) is 6.36 Å². The Bertz CT molecular complexity index is 383. The Morgan fingerprint density at radius 3 is 2.00 bits per heavy atom. The van der Waals surface area contributed by atoms with E-state index in [0.29, 0.717) is 6.07 Å². The van der Waals surface area contributed by atoms with E-state index in [1.165, 1.54) is 22.6 Å². The van der Waals surface area contributed by atoms with Crippen LogP contribution in [0.15, 0.2) is 18.2 Å². The van der Waals surface area contributed by atoms with Crippen molar-refractivity contribution in [2.75, 3.05) is 0 Å². The zero-order chi connectivity index (χ0) is 12.6. The van der Waals surface area contributed by atoms with Gasteiger partial charge >= 0.3 is 12.5 Å². The highest BCUT2D eigenvalue weighted by Crippen LogP contribution is 2.40. The summed E-state index contributed by atoms with van der Waals surface area (Å²) in [6, 6.07) is 2.73. The fraction of sp³-hybridized carbons (Fsp3) is 0.250. The van der Waals surface area contributed by atoms with Crippen molar-refractivity contribution in [2.45, 2.75) is 12.5 Å². The van der Waals surface area contributed by atoms with Gasteiger partial charge in [-0.15, -0.1) is 13.2 Å². The number of halogens is 7. The lowest BCUT2D eigenvalue weighted by atomic mass is 10.2. The Balaban J connectivity index is 3.24. The van der Waals surface area contributed by atoms with E-state index in [2.05, 4.69) is 4.74 Å². The Kier molecular flexibility index (Phi) is 3.60. The molecule has 0 saturated heterocycles. The van der Waals surface area contributed by atoms with Crippen LogP contribution in [-0.2, 0) is 6.18 Å². The zero-order valence-corrected chi connectivity index (χ0v) is 9.44. The SMILES string of the molecule is FC(F)(F)Oc1cccc(I)c1C(F)(F)F. The fourth-order valence-electron chi connectivity index (χ4n) is 0.989. The van der Waals surface area contributed by atoms with Gasteiger partial charge in [0.25, 0.3) is 0 Å². The van der Waals surface area contributed by atoms with Gasteiger partial charge in [-0.3, -0.25) is 0 Å². The first-order valence-corrected chi connectivity index (χ1v) is 4.80. The third-order valence-electron chi connectivity index (χ3n) is 1.48. The molecule has 0 spiro atoms. The smallest absolute Gasteiger partial charge is 0.405 e. The molecule has 0 N–H and O–H groups in total. The Hall–Kier alpha value is -0.670. The van der Waals surface area contributed by atoms with Crippen molar-refractivity contribution < 1.29 is 31.1 Å². The number of ether oxygens (including phenoxy) is 1. The van der Waals surface area contributed by atoms with Gasteiger partial charge in [-0.2, -0.15) is 13.2 Å². The quantitative estimate of drug-likeness (QED) is 0.541. The van der Waals surface area contributed by atoms with Crippen LogP contribution in [0.5, 0.6) is 5.75 Å². The number of benzene rings is 1. The minimum absolute atomic E-state index is 0.355. The molecule has 0 aliphatic carbocycles. The Morgan fingerprint density at radius 2 is 1.56 bits per heavy atom. The number of hydrogen-bond donors (Lipinski definition) is 0. The first kappa shape index (κ1) is 13.4. The van der Waals surface area contributed by atoms with E-state index in [1.807, 2.05) is 0 Å². The molecule has 0 fully saturated rings. The summed E-state index contributed by atoms with van der Waals surface area (Å²) in [4.78, 5) is 0. The van der Waals surface area contributed by atoms with Gasteiger partial charge in [0.1, 0.15) is 11.3 Å². The number of alkyl halides is 6. The van der Waals surface area contributed by atoms with Crippen molar-refractivity contribution in [1.29, 1.82) is 0 Å². The molecular weight excluding hydrogens is 353 g/mol. The average Bonchev–Trinajstić information content (AvgIpc) is 1.97. The van der Waals surface area contributed by atoms with Gasteiger partial charge < -0.3 is 4.74 Å². The van der Waals surface area contributed by atoms with Gasteiger partial charge in [-0.25, -0.2) is 0 Å². The molecular formula is C8H3F6IO. The molecule has 1 nitrogen and oxygen atoms in total. The number of hydrogen-bond acceptors (Lipinski definition) is 1. The topological polar surface area (TPSA) is 9.23 Å². The summed E-state index contributed by atoms with van der Waals surface area (Å²) in [5.41, 5.74) is -1.42. The lowest BCUT2D eigenvalue weighted by molar-refractivity contribution is -0.276. The Morgan fingerprint density at radius 1 is 1.00 bits per heavy atom. The van der Waals surface area contributed by atoms with Crippen molar-refractivity contribution in [3.63, 3.8) is 0 Å². The number of rotatable bonds is 1. The maximum absolute atomic E-state index is 12.4. The summed E-state index contributed by atoms with van der Waals surface area (Å²) in [6.45, 7) is 0. The summed E-state index contributed by atoms with van der Waals surface area (Å²) >= 11 is 1.30. The van der Waals surface area contributed by atoms with Crippen LogP contribution in [0.25, 0.3) is 0 Å². The third-order valence-corrected chi connectivity index (χ3v) is 2.38. The van der Waals surface area contributed by atoms with Gasteiger partial charge in [0.05, 0.1) is 0 Å². The van der Waals surface area contributed by atoms with Crippen LogP contribution in [0.2, 0.25) is 0 Å². The van der Waals surface area contributed by atoms with E-state index in [9.17, 15) is 26.3 Å². The monoisotopic (exact) mass is 356 g/mol. The van der Waals surface area contributed by atoms with E-state index in [1.54, 1.807) is 0 Å². The van der Waals surface area contributed by atoms with Gasteiger partial charge in [0.15, 0.2) is 0 Å². The molecule has 0 radical (unpaired) electrons. The van der Waals surface area contributed by atoms with Crippen LogP contribution in [0.4, 0.5) is 26.3 Å². The lowest BCUT2D eigenvalue weighted by Crippen LogP contribution is -2.20. The van der Waals surface area contributed by atoms with Gasteiger partial charge in [0, 0.05) is 3.57 Å². The first-order valence-electron chi connectivity index (χ1n) is 3.73. The molecule has 0 aliphatic heterocycles. The molecule has 16 heavy (non-hydrogen) atoms. The molecule has 0 aromatic heterocycles. The maximum Gasteiger partial charge on any atom is 0.573 e. The van der Waals surface area contributed by atoms with Gasteiger partial charge in [-0.05, 0) is 34.7 Å². The summed E-state index contributed by atoms with van der Waals surface area (Å²) in [5.74, 6) is -1.24. The van der Waals surface area contributed by atoms with E-state index < -0.39 is 23.9 Å². The molecule has 0 unspecified atom stereocenters. The van der Waals surface area contributed by atoms with Gasteiger partial charge in [0.2, 0.25) is 0 Å². The highest BCUT2D eigenvalue weighted by molar-refractivity contribution is 14.1. The highest BCUT2D eigenvalue weighted by Gasteiger charge is 2.40. The van der Waals surface area contributed by atoms with Crippen LogP contribution >= 0.6 is 22.6 Å².